The van der Waals surface area contributed by atoms with Crippen molar-refractivity contribution < 1.29 is 9.53 Å². The molecule has 0 amide bonds. The number of esters is 1. The van der Waals surface area contributed by atoms with Gasteiger partial charge in [0.25, 0.3) is 0 Å². The number of hydrogen-bond acceptors (Lipinski definition) is 4. The zero-order chi connectivity index (χ0) is 12.3. The van der Waals surface area contributed by atoms with E-state index in [2.05, 4.69) is 4.98 Å². The van der Waals surface area contributed by atoms with Crippen molar-refractivity contribution in [1.29, 1.82) is 0 Å². The number of aryl methyl sites for hydroxylation is 1. The Labute approximate surface area is 104 Å². The predicted octanol–water partition coefficient (Wildman–Crippen LogP) is 3.30. The molecular weight excluding hydrogens is 234 g/mol. The number of benzene rings is 1. The van der Waals surface area contributed by atoms with Crippen molar-refractivity contribution in [1.82, 2.24) is 4.98 Å². The molecule has 0 unspecified atom stereocenters. The highest BCUT2D eigenvalue weighted by Gasteiger charge is 2.08. The molecule has 0 saturated carbocycles. The SMILES string of the molecule is CCOC(=O)c1cccc(-c2csc(C)n2)c1. The Hall–Kier alpha value is -1.68. The van der Waals surface area contributed by atoms with Gasteiger partial charge < -0.3 is 4.74 Å². The smallest absolute Gasteiger partial charge is 0.338 e. The van der Waals surface area contributed by atoms with Gasteiger partial charge in [-0.2, -0.15) is 0 Å². The number of aromatic nitrogens is 1. The first kappa shape index (κ1) is 11.8. The third-order valence-electron chi connectivity index (χ3n) is 2.29. The zero-order valence-corrected chi connectivity index (χ0v) is 10.6. The van der Waals surface area contributed by atoms with E-state index in [9.17, 15) is 4.79 Å². The summed E-state index contributed by atoms with van der Waals surface area (Å²) >= 11 is 1.60. The molecule has 3 nitrogen and oxygen atoms in total. The molecule has 0 aliphatic heterocycles. The van der Waals surface area contributed by atoms with E-state index in [0.29, 0.717) is 12.2 Å². The summed E-state index contributed by atoms with van der Waals surface area (Å²) in [6, 6.07) is 7.35. The van der Waals surface area contributed by atoms with E-state index in [1.54, 1.807) is 24.3 Å². The monoisotopic (exact) mass is 247 g/mol. The number of hydrogen-bond donors (Lipinski definition) is 0. The van der Waals surface area contributed by atoms with Gasteiger partial charge in [-0.3, -0.25) is 0 Å². The van der Waals surface area contributed by atoms with Crippen molar-refractivity contribution in [2.24, 2.45) is 0 Å². The molecule has 0 radical (unpaired) electrons. The summed E-state index contributed by atoms with van der Waals surface area (Å²) < 4.78 is 4.97. The summed E-state index contributed by atoms with van der Waals surface area (Å²) in [6.07, 6.45) is 0. The Morgan fingerprint density at radius 2 is 2.29 bits per heavy atom. The molecule has 0 aliphatic carbocycles. The van der Waals surface area contributed by atoms with Crippen LogP contribution in [0.1, 0.15) is 22.3 Å². The molecule has 0 aliphatic rings. The molecule has 0 bridgehead atoms. The van der Waals surface area contributed by atoms with Crippen LogP contribution >= 0.6 is 11.3 Å². The van der Waals surface area contributed by atoms with E-state index in [1.807, 2.05) is 30.5 Å². The summed E-state index contributed by atoms with van der Waals surface area (Å²) in [5, 5.41) is 3.00. The molecule has 88 valence electrons. The molecule has 0 fully saturated rings. The molecule has 17 heavy (non-hydrogen) atoms. The number of rotatable bonds is 3. The van der Waals surface area contributed by atoms with Crippen LogP contribution in [0.4, 0.5) is 0 Å². The Bertz CT molecular complexity index is 534. The van der Waals surface area contributed by atoms with Crippen LogP contribution in [0.3, 0.4) is 0 Å². The first-order chi connectivity index (χ1) is 8.20. The Balaban J connectivity index is 2.31. The number of carbonyl (C=O) groups excluding carboxylic acids is 1. The summed E-state index contributed by atoms with van der Waals surface area (Å²) in [5.74, 6) is -0.290. The molecule has 0 atom stereocenters. The van der Waals surface area contributed by atoms with Crippen LogP contribution in [-0.4, -0.2) is 17.6 Å². The Kier molecular flexibility index (Phi) is 3.54. The van der Waals surface area contributed by atoms with Crippen molar-refractivity contribution in [3.63, 3.8) is 0 Å². The van der Waals surface area contributed by atoms with Crippen LogP contribution < -0.4 is 0 Å². The van der Waals surface area contributed by atoms with Gasteiger partial charge in [0.1, 0.15) is 0 Å². The molecule has 0 spiro atoms. The molecule has 0 N–H and O–H groups in total. The maximum Gasteiger partial charge on any atom is 0.338 e. The van der Waals surface area contributed by atoms with Crippen molar-refractivity contribution >= 4 is 17.3 Å². The summed E-state index contributed by atoms with van der Waals surface area (Å²) in [7, 11) is 0. The number of thiazole rings is 1. The van der Waals surface area contributed by atoms with Crippen molar-refractivity contribution in [2.75, 3.05) is 6.61 Å². The quantitative estimate of drug-likeness (QED) is 0.781. The third kappa shape index (κ3) is 2.71. The van der Waals surface area contributed by atoms with E-state index < -0.39 is 0 Å². The second-order valence-electron chi connectivity index (χ2n) is 3.55. The van der Waals surface area contributed by atoms with Crippen molar-refractivity contribution in [2.45, 2.75) is 13.8 Å². The minimum atomic E-state index is -0.290. The van der Waals surface area contributed by atoms with Crippen LogP contribution in [0.25, 0.3) is 11.3 Å². The standard InChI is InChI=1S/C13H13NO2S/c1-3-16-13(15)11-6-4-5-10(7-11)12-8-17-9(2)14-12/h4-8H,3H2,1-2H3. The highest BCUT2D eigenvalue weighted by molar-refractivity contribution is 7.09. The van der Waals surface area contributed by atoms with Gasteiger partial charge in [-0.25, -0.2) is 9.78 Å². The van der Waals surface area contributed by atoms with Gasteiger partial charge in [0.05, 0.1) is 22.9 Å². The lowest BCUT2D eigenvalue weighted by Crippen LogP contribution is -2.04. The van der Waals surface area contributed by atoms with E-state index >= 15 is 0 Å². The Morgan fingerprint density at radius 3 is 2.94 bits per heavy atom. The number of nitrogens with zero attached hydrogens (tertiary/aromatic N) is 1. The minimum absolute atomic E-state index is 0.290. The second kappa shape index (κ2) is 5.10. The minimum Gasteiger partial charge on any atom is -0.462 e. The fourth-order valence-electron chi connectivity index (χ4n) is 1.52. The van der Waals surface area contributed by atoms with Gasteiger partial charge in [0, 0.05) is 10.9 Å². The Morgan fingerprint density at radius 1 is 1.47 bits per heavy atom. The summed E-state index contributed by atoms with van der Waals surface area (Å²) in [4.78, 5) is 16.0. The van der Waals surface area contributed by atoms with Crippen LogP contribution in [0.15, 0.2) is 29.6 Å². The van der Waals surface area contributed by atoms with Gasteiger partial charge >= 0.3 is 5.97 Å². The van der Waals surface area contributed by atoms with E-state index in [-0.39, 0.29) is 5.97 Å². The molecular formula is C13H13NO2S. The van der Waals surface area contributed by atoms with Gasteiger partial charge in [-0.05, 0) is 26.0 Å². The lowest BCUT2D eigenvalue weighted by molar-refractivity contribution is 0.0526. The molecule has 2 aromatic rings. The average Bonchev–Trinajstić information content (AvgIpc) is 2.76. The molecule has 4 heteroatoms. The first-order valence-electron chi connectivity index (χ1n) is 5.40. The molecule has 2 rings (SSSR count). The maximum atomic E-state index is 11.6. The second-order valence-corrected chi connectivity index (χ2v) is 4.62. The van der Waals surface area contributed by atoms with Crippen molar-refractivity contribution in [3.8, 4) is 11.3 Å². The fraction of sp³-hybridized carbons (Fsp3) is 0.231. The largest absolute Gasteiger partial charge is 0.462 e. The van der Waals surface area contributed by atoms with Crippen LogP contribution in [0.2, 0.25) is 0 Å². The highest BCUT2D eigenvalue weighted by Crippen LogP contribution is 2.22. The highest BCUT2D eigenvalue weighted by atomic mass is 32.1. The zero-order valence-electron chi connectivity index (χ0n) is 9.77. The van der Waals surface area contributed by atoms with Crippen LogP contribution in [-0.2, 0) is 4.74 Å². The van der Waals surface area contributed by atoms with Gasteiger partial charge in [0.15, 0.2) is 0 Å². The molecule has 1 aromatic heterocycles. The van der Waals surface area contributed by atoms with Gasteiger partial charge in [-0.1, -0.05) is 12.1 Å². The van der Waals surface area contributed by atoms with E-state index in [0.717, 1.165) is 16.3 Å². The normalized spacial score (nSPS) is 10.2. The third-order valence-corrected chi connectivity index (χ3v) is 3.06. The van der Waals surface area contributed by atoms with E-state index in [1.165, 1.54) is 0 Å². The number of ether oxygens (including phenoxy) is 1. The lowest BCUT2D eigenvalue weighted by atomic mass is 10.1. The first-order valence-corrected chi connectivity index (χ1v) is 6.28. The average molecular weight is 247 g/mol. The molecule has 1 aromatic carbocycles. The maximum absolute atomic E-state index is 11.6. The van der Waals surface area contributed by atoms with E-state index in [4.69, 9.17) is 4.74 Å². The summed E-state index contributed by atoms with van der Waals surface area (Å²) in [5.41, 5.74) is 2.41. The van der Waals surface area contributed by atoms with Gasteiger partial charge in [0.2, 0.25) is 0 Å². The molecule has 0 saturated heterocycles. The predicted molar refractivity (Wildman–Crippen MR) is 68.2 cm³/mol. The fourth-order valence-corrected chi connectivity index (χ4v) is 2.14. The topological polar surface area (TPSA) is 39.2 Å². The van der Waals surface area contributed by atoms with Crippen molar-refractivity contribution in [3.05, 3.63) is 40.2 Å². The van der Waals surface area contributed by atoms with Gasteiger partial charge in [-0.15, -0.1) is 11.3 Å². The molecule has 1 heterocycles. The number of carbonyl (C=O) groups is 1. The lowest BCUT2D eigenvalue weighted by Gasteiger charge is -2.03. The summed E-state index contributed by atoms with van der Waals surface area (Å²) in [6.45, 7) is 4.15. The van der Waals surface area contributed by atoms with Crippen LogP contribution in [0.5, 0.6) is 0 Å². The van der Waals surface area contributed by atoms with Crippen LogP contribution in [0, 0.1) is 6.92 Å².